The van der Waals surface area contributed by atoms with Crippen molar-refractivity contribution in [3.05, 3.63) is 95.3 Å². The molecule has 3 rings (SSSR count). The van der Waals surface area contributed by atoms with Gasteiger partial charge in [-0.1, -0.05) is 68.3 Å². The number of rotatable bonds is 12. The number of halogens is 1. The van der Waals surface area contributed by atoms with Crippen molar-refractivity contribution < 1.29 is 22.4 Å². The SMILES string of the molecule is CCC(C(=O)NCC(C)C)N(Cc1cccc(C)c1)C(=O)CN(c1ccc(F)cc1)S(=O)(=O)c1ccc(C)cc1. The Morgan fingerprint density at radius 1 is 0.925 bits per heavy atom. The Hall–Kier alpha value is -3.72. The highest BCUT2D eigenvalue weighted by molar-refractivity contribution is 7.92. The molecule has 40 heavy (non-hydrogen) atoms. The van der Waals surface area contributed by atoms with Crippen molar-refractivity contribution in [3.63, 3.8) is 0 Å². The minimum absolute atomic E-state index is 0.00202. The van der Waals surface area contributed by atoms with Crippen LogP contribution in [0.4, 0.5) is 10.1 Å². The van der Waals surface area contributed by atoms with Crippen molar-refractivity contribution >= 4 is 27.5 Å². The van der Waals surface area contributed by atoms with Gasteiger partial charge in [-0.2, -0.15) is 0 Å². The summed E-state index contributed by atoms with van der Waals surface area (Å²) in [7, 11) is -4.20. The molecule has 0 heterocycles. The molecule has 0 spiro atoms. The maximum atomic E-state index is 14.0. The standard InChI is InChI=1S/C31H38FN3O4S/c1-6-29(31(37)33-19-22(2)3)34(20-25-9-7-8-24(5)18-25)30(36)21-35(27-14-12-26(32)13-15-27)40(38,39)28-16-10-23(4)11-17-28/h7-18,22,29H,6,19-21H2,1-5H3,(H,33,37). The highest BCUT2D eigenvalue weighted by Gasteiger charge is 2.33. The smallest absolute Gasteiger partial charge is 0.264 e. The zero-order valence-electron chi connectivity index (χ0n) is 23.7. The number of hydrogen-bond donors (Lipinski definition) is 1. The number of carbonyl (C=O) groups excluding carboxylic acids is 2. The van der Waals surface area contributed by atoms with E-state index in [2.05, 4.69) is 5.32 Å². The Kier molecular flexibility index (Phi) is 10.5. The molecule has 3 aromatic rings. The Labute approximate surface area is 237 Å². The molecule has 9 heteroatoms. The van der Waals surface area contributed by atoms with Gasteiger partial charge in [-0.15, -0.1) is 0 Å². The normalized spacial score (nSPS) is 12.2. The van der Waals surface area contributed by atoms with Crippen molar-refractivity contribution in [2.24, 2.45) is 5.92 Å². The summed E-state index contributed by atoms with van der Waals surface area (Å²) in [5.74, 6) is -1.16. The third kappa shape index (κ3) is 7.91. The van der Waals surface area contributed by atoms with E-state index < -0.39 is 34.3 Å². The van der Waals surface area contributed by atoms with Crippen molar-refractivity contribution in [2.45, 2.75) is 58.5 Å². The van der Waals surface area contributed by atoms with Crippen LogP contribution in [0.5, 0.6) is 0 Å². The quantitative estimate of drug-likeness (QED) is 0.325. The second-order valence-electron chi connectivity index (χ2n) is 10.4. The molecule has 0 aliphatic carbocycles. The zero-order chi connectivity index (χ0) is 29.4. The minimum Gasteiger partial charge on any atom is -0.354 e. The van der Waals surface area contributed by atoms with Crippen LogP contribution in [-0.2, 0) is 26.2 Å². The molecule has 0 fully saturated rings. The first-order valence-electron chi connectivity index (χ1n) is 13.4. The van der Waals surface area contributed by atoms with E-state index in [1.165, 1.54) is 29.2 Å². The molecular formula is C31H38FN3O4S. The van der Waals surface area contributed by atoms with Gasteiger partial charge in [-0.25, -0.2) is 12.8 Å². The number of carbonyl (C=O) groups is 2. The lowest BCUT2D eigenvalue weighted by atomic mass is 10.1. The molecule has 0 aliphatic heterocycles. The Bertz CT molecular complexity index is 1410. The molecule has 0 saturated heterocycles. The molecule has 1 atom stereocenters. The molecule has 1 N–H and O–H groups in total. The van der Waals surface area contributed by atoms with E-state index >= 15 is 0 Å². The average Bonchev–Trinajstić information content (AvgIpc) is 2.91. The van der Waals surface area contributed by atoms with Gasteiger partial charge < -0.3 is 10.2 Å². The first-order valence-corrected chi connectivity index (χ1v) is 14.8. The predicted molar refractivity (Wildman–Crippen MR) is 156 cm³/mol. The fraction of sp³-hybridized carbons (Fsp3) is 0.355. The second kappa shape index (κ2) is 13.6. The maximum absolute atomic E-state index is 14.0. The van der Waals surface area contributed by atoms with E-state index in [-0.39, 0.29) is 29.0 Å². The van der Waals surface area contributed by atoms with Gasteiger partial charge in [0.25, 0.3) is 10.0 Å². The topological polar surface area (TPSA) is 86.8 Å². The highest BCUT2D eigenvalue weighted by atomic mass is 32.2. The number of amides is 2. The molecular weight excluding hydrogens is 529 g/mol. The number of benzene rings is 3. The van der Waals surface area contributed by atoms with E-state index in [0.717, 1.165) is 33.1 Å². The monoisotopic (exact) mass is 567 g/mol. The Morgan fingerprint density at radius 2 is 1.57 bits per heavy atom. The van der Waals surface area contributed by atoms with Crippen LogP contribution in [-0.4, -0.2) is 44.3 Å². The lowest BCUT2D eigenvalue weighted by molar-refractivity contribution is -0.140. The third-order valence-corrected chi connectivity index (χ3v) is 8.30. The lowest BCUT2D eigenvalue weighted by Gasteiger charge is -2.33. The van der Waals surface area contributed by atoms with E-state index in [4.69, 9.17) is 0 Å². The summed E-state index contributed by atoms with van der Waals surface area (Å²) in [6.07, 6.45) is 0.336. The molecule has 0 aliphatic rings. The average molecular weight is 568 g/mol. The van der Waals surface area contributed by atoms with E-state index in [9.17, 15) is 22.4 Å². The summed E-state index contributed by atoms with van der Waals surface area (Å²) < 4.78 is 42.4. The number of nitrogens with zero attached hydrogens (tertiary/aromatic N) is 2. The third-order valence-electron chi connectivity index (χ3n) is 6.51. The van der Waals surface area contributed by atoms with Gasteiger partial charge in [0, 0.05) is 13.1 Å². The van der Waals surface area contributed by atoms with Crippen LogP contribution in [0, 0.1) is 25.6 Å². The molecule has 2 amide bonds. The fourth-order valence-corrected chi connectivity index (χ4v) is 5.74. The van der Waals surface area contributed by atoms with Crippen LogP contribution in [0.3, 0.4) is 0 Å². The lowest BCUT2D eigenvalue weighted by Crippen LogP contribution is -2.52. The first-order chi connectivity index (χ1) is 18.9. The number of nitrogens with one attached hydrogen (secondary N) is 1. The summed E-state index contributed by atoms with van der Waals surface area (Å²) in [5.41, 5.74) is 2.84. The van der Waals surface area contributed by atoms with Crippen LogP contribution >= 0.6 is 0 Å². The summed E-state index contributed by atoms with van der Waals surface area (Å²) in [6.45, 7) is 9.56. The predicted octanol–water partition coefficient (Wildman–Crippen LogP) is 5.22. The van der Waals surface area contributed by atoms with Gasteiger partial charge in [0.2, 0.25) is 11.8 Å². The largest absolute Gasteiger partial charge is 0.354 e. The van der Waals surface area contributed by atoms with Gasteiger partial charge in [-0.3, -0.25) is 13.9 Å². The second-order valence-corrected chi connectivity index (χ2v) is 12.2. The number of hydrogen-bond acceptors (Lipinski definition) is 4. The molecule has 3 aromatic carbocycles. The van der Waals surface area contributed by atoms with Crippen molar-refractivity contribution in [1.29, 1.82) is 0 Å². The van der Waals surface area contributed by atoms with Crippen LogP contribution < -0.4 is 9.62 Å². The Morgan fingerprint density at radius 3 is 2.15 bits per heavy atom. The Balaban J connectivity index is 2.04. The number of anilines is 1. The van der Waals surface area contributed by atoms with Crippen LogP contribution in [0.15, 0.2) is 77.7 Å². The van der Waals surface area contributed by atoms with Crippen LogP contribution in [0.1, 0.15) is 43.9 Å². The van der Waals surface area contributed by atoms with Crippen molar-refractivity contribution in [2.75, 3.05) is 17.4 Å². The van der Waals surface area contributed by atoms with Crippen molar-refractivity contribution in [1.82, 2.24) is 10.2 Å². The highest BCUT2D eigenvalue weighted by Crippen LogP contribution is 2.25. The van der Waals surface area contributed by atoms with Crippen LogP contribution in [0.2, 0.25) is 0 Å². The molecule has 0 bridgehead atoms. The van der Waals surface area contributed by atoms with Gasteiger partial charge >= 0.3 is 0 Å². The fourth-order valence-electron chi connectivity index (χ4n) is 4.32. The zero-order valence-corrected chi connectivity index (χ0v) is 24.5. The first kappa shape index (κ1) is 30.8. The van der Waals surface area contributed by atoms with Gasteiger partial charge in [0.05, 0.1) is 10.6 Å². The van der Waals surface area contributed by atoms with Crippen LogP contribution in [0.25, 0.3) is 0 Å². The number of sulfonamides is 1. The molecule has 7 nitrogen and oxygen atoms in total. The maximum Gasteiger partial charge on any atom is 0.264 e. The van der Waals surface area contributed by atoms with Crippen molar-refractivity contribution in [3.8, 4) is 0 Å². The summed E-state index contributed by atoms with van der Waals surface area (Å²) in [5, 5.41) is 2.91. The molecule has 0 radical (unpaired) electrons. The van der Waals surface area contributed by atoms with Gasteiger partial charge in [-0.05, 0) is 68.1 Å². The molecule has 214 valence electrons. The summed E-state index contributed by atoms with van der Waals surface area (Å²) in [4.78, 5) is 28.7. The van der Waals surface area contributed by atoms with Gasteiger partial charge in [0.1, 0.15) is 18.4 Å². The van der Waals surface area contributed by atoms with E-state index in [1.807, 2.05) is 58.9 Å². The molecule has 1 unspecified atom stereocenters. The van der Waals surface area contributed by atoms with Gasteiger partial charge in [0.15, 0.2) is 0 Å². The summed E-state index contributed by atoms with van der Waals surface area (Å²) >= 11 is 0. The molecule has 0 saturated carbocycles. The summed E-state index contributed by atoms with van der Waals surface area (Å²) in [6, 6.07) is 18.0. The van der Waals surface area contributed by atoms with E-state index in [1.54, 1.807) is 12.1 Å². The molecule has 0 aromatic heterocycles. The minimum atomic E-state index is -4.20. The van der Waals surface area contributed by atoms with E-state index in [0.29, 0.717) is 13.0 Å². The number of aryl methyl sites for hydroxylation is 2.